The molecule has 0 aliphatic rings. The van der Waals surface area contributed by atoms with Crippen molar-refractivity contribution < 1.29 is 4.79 Å². The average molecular weight is 380 g/mol. The normalized spacial score (nSPS) is 11.2. The molecule has 0 fully saturated rings. The van der Waals surface area contributed by atoms with Crippen LogP contribution in [0.3, 0.4) is 0 Å². The van der Waals surface area contributed by atoms with Crippen molar-refractivity contribution in [2.45, 2.75) is 13.8 Å². The Morgan fingerprint density at radius 3 is 2.28 bits per heavy atom. The maximum absolute atomic E-state index is 11.5. The number of nitrogens with two attached hydrogens (primary N) is 1. The predicted molar refractivity (Wildman–Crippen MR) is 117 cm³/mol. The quantitative estimate of drug-likeness (QED) is 0.255. The number of rotatable bonds is 4. The van der Waals surface area contributed by atoms with Crippen molar-refractivity contribution >= 4 is 34.1 Å². The summed E-state index contributed by atoms with van der Waals surface area (Å²) in [5.41, 5.74) is 12.7. The fraction of sp³-hybridized carbons (Fsp3) is 0.0833. The standard InChI is InChI=1S/C24H20N4O/c1-15-6-5-7-16(2)23(15)21-11-10-18(13-26-21)27-28-22-12-17(14-29)19-8-3-4-9-20(19)24(22)25/h3-14H,25H2,1-2H3. The van der Waals surface area contributed by atoms with Crippen molar-refractivity contribution in [3.8, 4) is 11.3 Å². The van der Waals surface area contributed by atoms with Crippen molar-refractivity contribution in [2.24, 2.45) is 10.2 Å². The number of fused-ring (bicyclic) bond motifs is 1. The molecule has 2 N–H and O–H groups in total. The molecule has 0 amide bonds. The second-order valence-corrected chi connectivity index (χ2v) is 6.93. The average Bonchev–Trinajstić information content (AvgIpc) is 2.74. The van der Waals surface area contributed by atoms with E-state index in [4.69, 9.17) is 5.73 Å². The maximum Gasteiger partial charge on any atom is 0.150 e. The first-order valence-corrected chi connectivity index (χ1v) is 9.29. The molecule has 0 unspecified atom stereocenters. The summed E-state index contributed by atoms with van der Waals surface area (Å²) in [4.78, 5) is 16.0. The van der Waals surface area contributed by atoms with Gasteiger partial charge >= 0.3 is 0 Å². The van der Waals surface area contributed by atoms with Crippen LogP contribution in [0.2, 0.25) is 0 Å². The van der Waals surface area contributed by atoms with E-state index in [2.05, 4.69) is 41.2 Å². The molecule has 0 radical (unpaired) electrons. The lowest BCUT2D eigenvalue weighted by molar-refractivity contribution is 0.112. The third kappa shape index (κ3) is 3.50. The number of nitrogens with zero attached hydrogens (tertiary/aromatic N) is 3. The van der Waals surface area contributed by atoms with Crippen molar-refractivity contribution in [1.82, 2.24) is 4.98 Å². The lowest BCUT2D eigenvalue weighted by Gasteiger charge is -2.09. The van der Waals surface area contributed by atoms with E-state index < -0.39 is 0 Å². The molecule has 0 aliphatic carbocycles. The van der Waals surface area contributed by atoms with Crippen LogP contribution in [0.25, 0.3) is 22.0 Å². The van der Waals surface area contributed by atoms with Gasteiger partial charge in [-0.25, -0.2) is 0 Å². The van der Waals surface area contributed by atoms with E-state index in [0.29, 0.717) is 22.6 Å². The minimum Gasteiger partial charge on any atom is -0.396 e. The highest BCUT2D eigenvalue weighted by atomic mass is 16.1. The number of nitrogen functional groups attached to an aromatic ring is 1. The Kier molecular flexibility index (Phi) is 4.87. The Bertz CT molecular complexity index is 1220. The van der Waals surface area contributed by atoms with Gasteiger partial charge in [0, 0.05) is 16.5 Å². The number of hydrogen-bond acceptors (Lipinski definition) is 5. The van der Waals surface area contributed by atoms with Gasteiger partial charge in [0.1, 0.15) is 11.4 Å². The SMILES string of the molecule is Cc1cccc(C)c1-c1ccc(N=Nc2cc(C=O)c3ccccc3c2N)cn1. The lowest BCUT2D eigenvalue weighted by Crippen LogP contribution is -1.92. The van der Waals surface area contributed by atoms with Crippen molar-refractivity contribution in [1.29, 1.82) is 0 Å². The molecule has 0 spiro atoms. The minimum absolute atomic E-state index is 0.463. The van der Waals surface area contributed by atoms with Crippen molar-refractivity contribution in [3.05, 3.63) is 83.6 Å². The molecule has 0 bridgehead atoms. The number of benzene rings is 3. The second kappa shape index (κ2) is 7.64. The van der Waals surface area contributed by atoms with Crippen LogP contribution >= 0.6 is 0 Å². The molecule has 4 rings (SSSR count). The molecular formula is C24H20N4O. The number of hydrogen-bond donors (Lipinski definition) is 1. The van der Waals surface area contributed by atoms with Crippen molar-refractivity contribution in [3.63, 3.8) is 0 Å². The third-order valence-corrected chi connectivity index (χ3v) is 4.98. The number of aromatic nitrogens is 1. The Morgan fingerprint density at radius 1 is 0.897 bits per heavy atom. The Labute approximate surface area is 168 Å². The maximum atomic E-state index is 11.5. The van der Waals surface area contributed by atoms with Gasteiger partial charge < -0.3 is 5.73 Å². The van der Waals surface area contributed by atoms with Gasteiger partial charge in [0.15, 0.2) is 6.29 Å². The number of aryl methyl sites for hydroxylation is 2. The molecule has 3 aromatic carbocycles. The van der Waals surface area contributed by atoms with Crippen LogP contribution in [-0.4, -0.2) is 11.3 Å². The fourth-order valence-corrected chi connectivity index (χ4v) is 3.51. The van der Waals surface area contributed by atoms with Crippen LogP contribution in [0.4, 0.5) is 17.1 Å². The fourth-order valence-electron chi connectivity index (χ4n) is 3.51. The smallest absolute Gasteiger partial charge is 0.150 e. The largest absolute Gasteiger partial charge is 0.396 e. The van der Waals surface area contributed by atoms with Crippen LogP contribution in [0.15, 0.2) is 77.1 Å². The predicted octanol–water partition coefficient (Wildman–Crippen LogP) is 6.33. The summed E-state index contributed by atoms with van der Waals surface area (Å²) in [6.07, 6.45) is 2.49. The highest BCUT2D eigenvalue weighted by Gasteiger charge is 2.10. The highest BCUT2D eigenvalue weighted by molar-refractivity contribution is 6.07. The Morgan fingerprint density at radius 2 is 1.62 bits per heavy atom. The van der Waals surface area contributed by atoms with Crippen LogP contribution in [-0.2, 0) is 0 Å². The summed E-state index contributed by atoms with van der Waals surface area (Å²) in [7, 11) is 0. The van der Waals surface area contributed by atoms with Crippen molar-refractivity contribution in [2.75, 3.05) is 5.73 Å². The van der Waals surface area contributed by atoms with Gasteiger partial charge in [-0.15, -0.1) is 10.2 Å². The molecule has 1 aromatic heterocycles. The first kappa shape index (κ1) is 18.5. The molecule has 5 heteroatoms. The molecule has 29 heavy (non-hydrogen) atoms. The number of azo groups is 1. The monoisotopic (exact) mass is 380 g/mol. The molecule has 0 saturated carbocycles. The third-order valence-electron chi connectivity index (χ3n) is 4.98. The van der Waals surface area contributed by atoms with Gasteiger partial charge in [0.05, 0.1) is 17.6 Å². The van der Waals surface area contributed by atoms with E-state index in [1.54, 1.807) is 12.3 Å². The van der Waals surface area contributed by atoms with E-state index in [0.717, 1.165) is 28.3 Å². The van der Waals surface area contributed by atoms with Gasteiger partial charge in [0.2, 0.25) is 0 Å². The van der Waals surface area contributed by atoms with E-state index in [1.165, 1.54) is 11.1 Å². The van der Waals surface area contributed by atoms with E-state index >= 15 is 0 Å². The van der Waals surface area contributed by atoms with Crippen LogP contribution < -0.4 is 5.73 Å². The molecule has 1 heterocycles. The summed E-state index contributed by atoms with van der Waals surface area (Å²) >= 11 is 0. The molecule has 0 saturated heterocycles. The molecule has 5 nitrogen and oxygen atoms in total. The highest BCUT2D eigenvalue weighted by Crippen LogP contribution is 2.34. The van der Waals surface area contributed by atoms with E-state index in [-0.39, 0.29) is 0 Å². The van der Waals surface area contributed by atoms with Gasteiger partial charge in [-0.2, -0.15) is 0 Å². The molecule has 142 valence electrons. The van der Waals surface area contributed by atoms with E-state index in [9.17, 15) is 4.79 Å². The van der Waals surface area contributed by atoms with Gasteiger partial charge in [-0.05, 0) is 48.6 Å². The first-order chi connectivity index (χ1) is 14.1. The van der Waals surface area contributed by atoms with Crippen LogP contribution in [0.1, 0.15) is 21.5 Å². The summed E-state index contributed by atoms with van der Waals surface area (Å²) in [5, 5.41) is 10.1. The zero-order chi connectivity index (χ0) is 20.4. The van der Waals surface area contributed by atoms with E-state index in [1.807, 2.05) is 42.5 Å². The lowest BCUT2D eigenvalue weighted by atomic mass is 10.00. The Hall–Kier alpha value is -3.86. The molecular weight excluding hydrogens is 360 g/mol. The van der Waals surface area contributed by atoms with Gasteiger partial charge in [-0.3, -0.25) is 9.78 Å². The second-order valence-electron chi connectivity index (χ2n) is 6.93. The van der Waals surface area contributed by atoms with Crippen LogP contribution in [0, 0.1) is 13.8 Å². The molecule has 4 aromatic rings. The summed E-state index contributed by atoms with van der Waals surface area (Å²) in [5.74, 6) is 0. The number of anilines is 1. The number of carbonyl (C=O) groups is 1. The van der Waals surface area contributed by atoms with Gasteiger partial charge in [-0.1, -0.05) is 42.5 Å². The summed E-state index contributed by atoms with van der Waals surface area (Å²) in [6.45, 7) is 4.15. The zero-order valence-electron chi connectivity index (χ0n) is 16.3. The number of aldehydes is 1. The first-order valence-electron chi connectivity index (χ1n) is 9.29. The topological polar surface area (TPSA) is 80.7 Å². The molecule has 0 atom stereocenters. The zero-order valence-corrected chi connectivity index (χ0v) is 16.3. The minimum atomic E-state index is 0.463. The number of carbonyl (C=O) groups excluding carboxylic acids is 1. The summed E-state index contributed by atoms with van der Waals surface area (Å²) in [6, 6.07) is 19.1. The Balaban J connectivity index is 1.68. The summed E-state index contributed by atoms with van der Waals surface area (Å²) < 4.78 is 0. The van der Waals surface area contributed by atoms with Gasteiger partial charge in [0.25, 0.3) is 0 Å². The molecule has 0 aliphatic heterocycles. The van der Waals surface area contributed by atoms with Crippen LogP contribution in [0.5, 0.6) is 0 Å². The number of pyridine rings is 1.